The molecule has 0 aliphatic rings. The van der Waals surface area contributed by atoms with Gasteiger partial charge in [-0.05, 0) is 49.6 Å². The third-order valence-electron chi connectivity index (χ3n) is 4.71. The van der Waals surface area contributed by atoms with Crippen molar-refractivity contribution in [2.75, 3.05) is 0 Å². The van der Waals surface area contributed by atoms with Crippen molar-refractivity contribution in [2.24, 2.45) is 0 Å². The summed E-state index contributed by atoms with van der Waals surface area (Å²) in [6, 6.07) is 13.1. The SMILES string of the molecule is CCC(C)NC(=O)C(C)N(Cc1cccc(Br)c1)C(=O)Cc1ccccc1F. The summed E-state index contributed by atoms with van der Waals surface area (Å²) in [5, 5.41) is 2.92. The molecule has 0 fully saturated rings. The molecule has 4 nitrogen and oxygen atoms in total. The normalized spacial score (nSPS) is 12.9. The quantitative estimate of drug-likeness (QED) is 0.647. The van der Waals surface area contributed by atoms with Gasteiger partial charge in [0.2, 0.25) is 11.8 Å². The minimum absolute atomic E-state index is 0.0179. The van der Waals surface area contributed by atoms with E-state index < -0.39 is 11.9 Å². The Labute approximate surface area is 174 Å². The van der Waals surface area contributed by atoms with Crippen LogP contribution in [0.25, 0.3) is 0 Å². The van der Waals surface area contributed by atoms with E-state index >= 15 is 0 Å². The largest absolute Gasteiger partial charge is 0.352 e. The highest BCUT2D eigenvalue weighted by Crippen LogP contribution is 2.17. The van der Waals surface area contributed by atoms with Crippen molar-refractivity contribution in [1.82, 2.24) is 10.2 Å². The molecule has 150 valence electrons. The number of hydrogen-bond donors (Lipinski definition) is 1. The summed E-state index contributed by atoms with van der Waals surface area (Å²) in [5.74, 6) is -0.932. The fourth-order valence-electron chi connectivity index (χ4n) is 2.79. The predicted octanol–water partition coefficient (Wildman–Crippen LogP) is 4.46. The van der Waals surface area contributed by atoms with Gasteiger partial charge in [-0.2, -0.15) is 0 Å². The number of rotatable bonds is 8. The van der Waals surface area contributed by atoms with Crippen LogP contribution in [-0.2, 0) is 22.6 Å². The summed E-state index contributed by atoms with van der Waals surface area (Å²) in [4.78, 5) is 27.2. The number of halogens is 2. The predicted molar refractivity (Wildman–Crippen MR) is 112 cm³/mol. The van der Waals surface area contributed by atoms with Gasteiger partial charge in [-0.15, -0.1) is 0 Å². The highest BCUT2D eigenvalue weighted by Gasteiger charge is 2.27. The van der Waals surface area contributed by atoms with Crippen molar-refractivity contribution in [3.8, 4) is 0 Å². The van der Waals surface area contributed by atoms with Crippen LogP contribution in [0.15, 0.2) is 53.0 Å². The van der Waals surface area contributed by atoms with Crippen LogP contribution in [0.5, 0.6) is 0 Å². The lowest BCUT2D eigenvalue weighted by Gasteiger charge is -2.30. The van der Waals surface area contributed by atoms with E-state index in [1.165, 1.54) is 11.0 Å². The summed E-state index contributed by atoms with van der Waals surface area (Å²) >= 11 is 3.43. The summed E-state index contributed by atoms with van der Waals surface area (Å²) in [7, 11) is 0. The van der Waals surface area contributed by atoms with Gasteiger partial charge in [0, 0.05) is 17.1 Å². The van der Waals surface area contributed by atoms with Gasteiger partial charge in [0.05, 0.1) is 6.42 Å². The number of hydrogen-bond acceptors (Lipinski definition) is 2. The van der Waals surface area contributed by atoms with E-state index in [1.807, 2.05) is 38.1 Å². The Morgan fingerprint density at radius 3 is 2.50 bits per heavy atom. The first-order valence-corrected chi connectivity index (χ1v) is 10.2. The molecule has 0 heterocycles. The Kier molecular flexibility index (Phi) is 8.18. The summed E-state index contributed by atoms with van der Waals surface area (Å²) in [6.45, 7) is 5.87. The van der Waals surface area contributed by atoms with E-state index in [-0.39, 0.29) is 30.8 Å². The van der Waals surface area contributed by atoms with Gasteiger partial charge >= 0.3 is 0 Å². The van der Waals surface area contributed by atoms with Crippen LogP contribution in [-0.4, -0.2) is 28.8 Å². The maximum atomic E-state index is 14.0. The number of amides is 2. The van der Waals surface area contributed by atoms with Crippen LogP contribution < -0.4 is 5.32 Å². The summed E-state index contributed by atoms with van der Waals surface area (Å²) < 4.78 is 14.9. The Morgan fingerprint density at radius 1 is 1.14 bits per heavy atom. The van der Waals surface area contributed by atoms with Gasteiger partial charge in [0.15, 0.2) is 0 Å². The first-order chi connectivity index (χ1) is 13.3. The minimum Gasteiger partial charge on any atom is -0.352 e. The van der Waals surface area contributed by atoms with Crippen molar-refractivity contribution in [3.63, 3.8) is 0 Å². The number of nitrogens with one attached hydrogen (secondary N) is 1. The second kappa shape index (κ2) is 10.4. The van der Waals surface area contributed by atoms with E-state index in [0.717, 1.165) is 16.5 Å². The van der Waals surface area contributed by atoms with Gasteiger partial charge in [0.25, 0.3) is 0 Å². The Balaban J connectivity index is 2.25. The van der Waals surface area contributed by atoms with Crippen molar-refractivity contribution in [1.29, 1.82) is 0 Å². The lowest BCUT2D eigenvalue weighted by molar-refractivity contribution is -0.140. The highest BCUT2D eigenvalue weighted by molar-refractivity contribution is 9.10. The van der Waals surface area contributed by atoms with Crippen LogP contribution in [0, 0.1) is 5.82 Å². The van der Waals surface area contributed by atoms with Crippen LogP contribution in [0.4, 0.5) is 4.39 Å². The van der Waals surface area contributed by atoms with E-state index in [9.17, 15) is 14.0 Å². The molecule has 0 radical (unpaired) electrons. The lowest BCUT2D eigenvalue weighted by Crippen LogP contribution is -2.50. The summed E-state index contributed by atoms with van der Waals surface area (Å²) in [5.41, 5.74) is 1.21. The van der Waals surface area contributed by atoms with Crippen LogP contribution in [0.3, 0.4) is 0 Å². The van der Waals surface area contributed by atoms with E-state index in [1.54, 1.807) is 25.1 Å². The molecule has 0 aromatic heterocycles. The van der Waals surface area contributed by atoms with Crippen molar-refractivity contribution in [2.45, 2.75) is 52.2 Å². The molecule has 0 bridgehead atoms. The van der Waals surface area contributed by atoms with E-state index in [2.05, 4.69) is 21.2 Å². The average molecular weight is 449 g/mol. The topological polar surface area (TPSA) is 49.4 Å². The highest BCUT2D eigenvalue weighted by atomic mass is 79.9. The number of benzene rings is 2. The van der Waals surface area contributed by atoms with E-state index in [4.69, 9.17) is 0 Å². The van der Waals surface area contributed by atoms with Crippen LogP contribution in [0.2, 0.25) is 0 Å². The first-order valence-electron chi connectivity index (χ1n) is 9.39. The molecule has 0 spiro atoms. The first kappa shape index (κ1) is 22.1. The zero-order valence-corrected chi connectivity index (χ0v) is 18.0. The zero-order valence-electron chi connectivity index (χ0n) is 16.4. The molecule has 1 N–H and O–H groups in total. The molecule has 2 atom stereocenters. The number of carbonyl (C=O) groups excluding carboxylic acids is 2. The third-order valence-corrected chi connectivity index (χ3v) is 5.20. The third kappa shape index (κ3) is 6.16. The number of carbonyl (C=O) groups is 2. The fourth-order valence-corrected chi connectivity index (χ4v) is 3.23. The molecule has 2 aromatic rings. The van der Waals surface area contributed by atoms with Crippen molar-refractivity contribution in [3.05, 3.63) is 69.9 Å². The molecular weight excluding hydrogens is 423 g/mol. The van der Waals surface area contributed by atoms with Gasteiger partial charge in [-0.25, -0.2) is 4.39 Å². The Bertz CT molecular complexity index is 828. The average Bonchev–Trinajstić information content (AvgIpc) is 2.67. The van der Waals surface area contributed by atoms with Crippen LogP contribution >= 0.6 is 15.9 Å². The molecule has 0 saturated carbocycles. The van der Waals surface area contributed by atoms with Gasteiger partial charge in [-0.1, -0.05) is 53.2 Å². The van der Waals surface area contributed by atoms with Gasteiger partial charge in [-0.3, -0.25) is 9.59 Å². The lowest BCUT2D eigenvalue weighted by atomic mass is 10.1. The summed E-state index contributed by atoms with van der Waals surface area (Å²) in [6.07, 6.45) is 0.703. The maximum Gasteiger partial charge on any atom is 0.242 e. The maximum absolute atomic E-state index is 14.0. The Hall–Kier alpha value is -2.21. The second-order valence-corrected chi connectivity index (χ2v) is 7.83. The van der Waals surface area contributed by atoms with Crippen molar-refractivity contribution < 1.29 is 14.0 Å². The smallest absolute Gasteiger partial charge is 0.242 e. The molecule has 2 aromatic carbocycles. The van der Waals surface area contributed by atoms with Crippen LogP contribution in [0.1, 0.15) is 38.3 Å². The molecule has 0 aliphatic carbocycles. The minimum atomic E-state index is -0.674. The second-order valence-electron chi connectivity index (χ2n) is 6.91. The molecule has 6 heteroatoms. The molecule has 2 rings (SSSR count). The molecule has 28 heavy (non-hydrogen) atoms. The molecule has 2 unspecified atom stereocenters. The van der Waals surface area contributed by atoms with E-state index in [0.29, 0.717) is 5.56 Å². The molecule has 0 saturated heterocycles. The standard InChI is InChI=1S/C22H26BrFN2O2/c1-4-15(2)25-22(28)16(3)26(14-17-8-7-10-19(23)12-17)21(27)13-18-9-5-6-11-20(18)24/h5-12,15-16H,4,13-14H2,1-3H3,(H,25,28). The zero-order chi connectivity index (χ0) is 20.7. The van der Waals surface area contributed by atoms with Crippen molar-refractivity contribution >= 4 is 27.7 Å². The van der Waals surface area contributed by atoms with Gasteiger partial charge in [0.1, 0.15) is 11.9 Å². The molecule has 0 aliphatic heterocycles. The number of nitrogens with zero attached hydrogens (tertiary/aromatic N) is 1. The fraction of sp³-hybridized carbons (Fsp3) is 0.364. The molecular formula is C22H26BrFN2O2. The van der Waals surface area contributed by atoms with Gasteiger partial charge < -0.3 is 10.2 Å². The Morgan fingerprint density at radius 2 is 1.86 bits per heavy atom. The monoisotopic (exact) mass is 448 g/mol. The molecule has 2 amide bonds.